The highest BCUT2D eigenvalue weighted by atomic mass is 127. The fraction of sp³-hybridized carbons (Fsp3) is 1.00. The second kappa shape index (κ2) is 11.9. The van der Waals surface area contributed by atoms with Gasteiger partial charge < -0.3 is 9.84 Å². The second-order valence-electron chi connectivity index (χ2n) is 7.67. The maximum Gasteiger partial charge on any atom is 0.460 e. The SMILES string of the molecule is OCC(I)COCCCCCCC(F)(F)C(F)(F)C(F)(F)C(F)(F)C(F)(F)C(F)(F)C(F)(F)C(F)(F)F. The summed E-state index contributed by atoms with van der Waals surface area (Å²) < 4.78 is 228. The van der Waals surface area contributed by atoms with Crippen molar-refractivity contribution in [2.45, 2.75) is 83.7 Å². The summed E-state index contributed by atoms with van der Waals surface area (Å²) in [5, 5.41) is 8.73. The van der Waals surface area contributed by atoms with E-state index in [4.69, 9.17) is 9.84 Å². The van der Waals surface area contributed by atoms with E-state index in [-0.39, 0.29) is 36.6 Å². The van der Waals surface area contributed by atoms with Gasteiger partial charge in [0.05, 0.1) is 17.1 Å². The molecule has 0 aliphatic carbocycles. The van der Waals surface area contributed by atoms with Crippen molar-refractivity contribution in [1.29, 1.82) is 0 Å². The minimum absolute atomic E-state index is 0.0395. The van der Waals surface area contributed by atoms with Crippen LogP contribution < -0.4 is 0 Å². The number of alkyl halides is 18. The van der Waals surface area contributed by atoms with Crippen molar-refractivity contribution in [2.75, 3.05) is 19.8 Å². The summed E-state index contributed by atoms with van der Waals surface area (Å²) in [6.45, 7) is -0.229. The fourth-order valence-corrected chi connectivity index (χ4v) is 2.78. The van der Waals surface area contributed by atoms with Crippen LogP contribution in [-0.2, 0) is 4.74 Å². The Bertz CT molecular complexity index is 723. The van der Waals surface area contributed by atoms with Gasteiger partial charge >= 0.3 is 47.6 Å². The van der Waals surface area contributed by atoms with Crippen molar-refractivity contribution in [2.24, 2.45) is 0 Å². The van der Waals surface area contributed by atoms with Gasteiger partial charge in [-0.1, -0.05) is 35.4 Å². The molecule has 0 saturated heterocycles. The summed E-state index contributed by atoms with van der Waals surface area (Å²) in [6, 6.07) is 0. The molecule has 0 aliphatic heterocycles. The van der Waals surface area contributed by atoms with E-state index in [1.54, 1.807) is 22.6 Å². The third-order valence-corrected chi connectivity index (χ3v) is 5.57. The van der Waals surface area contributed by atoms with Gasteiger partial charge in [-0.15, -0.1) is 0 Å². The van der Waals surface area contributed by atoms with Gasteiger partial charge in [-0.05, 0) is 12.8 Å². The van der Waals surface area contributed by atoms with Crippen LogP contribution in [0.15, 0.2) is 0 Å². The molecule has 0 aromatic rings. The van der Waals surface area contributed by atoms with E-state index in [2.05, 4.69) is 0 Å². The van der Waals surface area contributed by atoms with E-state index >= 15 is 0 Å². The first-order valence-electron chi connectivity index (χ1n) is 9.74. The average Bonchev–Trinajstić information content (AvgIpc) is 2.73. The molecule has 0 amide bonds. The number of unbranched alkanes of at least 4 members (excludes halogenated alkanes) is 3. The molecule has 0 heterocycles. The van der Waals surface area contributed by atoms with Crippen LogP contribution in [0.1, 0.15) is 32.1 Å². The Morgan fingerprint density at radius 3 is 1.32 bits per heavy atom. The smallest absolute Gasteiger partial charge is 0.395 e. The second-order valence-corrected chi connectivity index (χ2v) is 9.43. The molecular formula is C17H18F17IO2. The third kappa shape index (κ3) is 6.79. The Morgan fingerprint density at radius 2 is 0.919 bits per heavy atom. The van der Waals surface area contributed by atoms with Crippen LogP contribution in [0.4, 0.5) is 74.6 Å². The Hall–Kier alpha value is -0.540. The molecular weight excluding hydrogens is 686 g/mol. The standard InChI is InChI=1S/C17H18F17IO2/c18-10(19,5-3-1-2-4-6-37-8-9(35)7-36)11(20,21)12(22,23)13(24,25)14(26,27)15(28,29)16(30,31)17(32,33)34/h9,36H,1-8H2. The number of rotatable bonds is 16. The summed E-state index contributed by atoms with van der Waals surface area (Å²) in [7, 11) is 0. The first-order valence-corrected chi connectivity index (χ1v) is 11.0. The Morgan fingerprint density at radius 1 is 0.541 bits per heavy atom. The van der Waals surface area contributed by atoms with Crippen LogP contribution >= 0.6 is 22.6 Å². The van der Waals surface area contributed by atoms with Gasteiger partial charge in [-0.2, -0.15) is 74.6 Å². The maximum atomic E-state index is 13.7. The third-order valence-electron chi connectivity index (χ3n) is 4.81. The van der Waals surface area contributed by atoms with Crippen molar-refractivity contribution in [3.63, 3.8) is 0 Å². The molecule has 0 aromatic carbocycles. The molecule has 37 heavy (non-hydrogen) atoms. The predicted molar refractivity (Wildman–Crippen MR) is 99.5 cm³/mol. The van der Waals surface area contributed by atoms with E-state index in [1.807, 2.05) is 0 Å². The lowest BCUT2D eigenvalue weighted by atomic mass is 9.88. The molecule has 20 heteroatoms. The predicted octanol–water partition coefficient (Wildman–Crippen LogP) is 7.76. The highest BCUT2D eigenvalue weighted by Crippen LogP contribution is 2.64. The molecule has 0 fully saturated rings. The molecule has 224 valence electrons. The topological polar surface area (TPSA) is 29.5 Å². The lowest BCUT2D eigenvalue weighted by molar-refractivity contribution is -0.461. The van der Waals surface area contributed by atoms with Crippen LogP contribution in [0.25, 0.3) is 0 Å². The molecule has 0 aromatic heterocycles. The largest absolute Gasteiger partial charge is 0.460 e. The molecule has 0 rings (SSSR count). The molecule has 1 atom stereocenters. The van der Waals surface area contributed by atoms with Gasteiger partial charge in [0.2, 0.25) is 0 Å². The number of halogens is 18. The molecule has 0 bridgehead atoms. The van der Waals surface area contributed by atoms with Crippen LogP contribution in [0.2, 0.25) is 0 Å². The summed E-state index contributed by atoms with van der Waals surface area (Å²) >= 11 is 1.80. The van der Waals surface area contributed by atoms with E-state index in [0.717, 1.165) is 0 Å². The molecule has 0 aliphatic rings. The zero-order valence-electron chi connectivity index (χ0n) is 17.9. The van der Waals surface area contributed by atoms with Crippen LogP contribution in [0.5, 0.6) is 0 Å². The Labute approximate surface area is 211 Å². The Kier molecular flexibility index (Phi) is 11.7. The van der Waals surface area contributed by atoms with Crippen molar-refractivity contribution < 1.29 is 84.5 Å². The quantitative estimate of drug-likeness (QED) is 0.0771. The van der Waals surface area contributed by atoms with Gasteiger partial charge in [0.25, 0.3) is 0 Å². The summed E-state index contributed by atoms with van der Waals surface area (Å²) in [5.74, 6) is -56.0. The van der Waals surface area contributed by atoms with Crippen molar-refractivity contribution >= 4 is 22.6 Å². The average molecular weight is 704 g/mol. The Balaban J connectivity index is 5.64. The van der Waals surface area contributed by atoms with Crippen LogP contribution in [0, 0.1) is 0 Å². The zero-order chi connectivity index (χ0) is 29.9. The zero-order valence-corrected chi connectivity index (χ0v) is 20.1. The summed E-state index contributed by atoms with van der Waals surface area (Å²) in [6.07, 6.45) is -11.8. The van der Waals surface area contributed by atoms with E-state index in [0.29, 0.717) is 0 Å². The highest BCUT2D eigenvalue weighted by Gasteiger charge is 2.95. The van der Waals surface area contributed by atoms with E-state index in [9.17, 15) is 74.6 Å². The van der Waals surface area contributed by atoms with Gasteiger partial charge in [0.1, 0.15) is 0 Å². The number of hydrogen-bond donors (Lipinski definition) is 1. The lowest BCUT2D eigenvalue weighted by Gasteiger charge is -2.42. The van der Waals surface area contributed by atoms with Gasteiger partial charge in [-0.25, -0.2) is 0 Å². The number of hydrogen-bond acceptors (Lipinski definition) is 2. The molecule has 0 saturated carbocycles. The molecule has 2 nitrogen and oxygen atoms in total. The molecule has 0 spiro atoms. The first-order chi connectivity index (χ1) is 16.2. The summed E-state index contributed by atoms with van der Waals surface area (Å²) in [4.78, 5) is 0. The molecule has 1 N–H and O–H groups in total. The van der Waals surface area contributed by atoms with E-state index in [1.165, 1.54) is 0 Å². The highest BCUT2D eigenvalue weighted by molar-refractivity contribution is 14.1. The van der Waals surface area contributed by atoms with E-state index < -0.39 is 66.9 Å². The maximum absolute atomic E-state index is 13.7. The van der Waals surface area contributed by atoms with Crippen molar-refractivity contribution in [3.8, 4) is 0 Å². The molecule has 0 radical (unpaired) electrons. The molecule has 1 unspecified atom stereocenters. The van der Waals surface area contributed by atoms with Crippen molar-refractivity contribution in [1.82, 2.24) is 0 Å². The van der Waals surface area contributed by atoms with Gasteiger partial charge in [0.15, 0.2) is 0 Å². The minimum atomic E-state index is -8.60. The number of ether oxygens (including phenoxy) is 1. The number of aliphatic hydroxyl groups excluding tert-OH is 1. The fourth-order valence-electron chi connectivity index (χ4n) is 2.52. The van der Waals surface area contributed by atoms with Crippen LogP contribution in [-0.4, -0.2) is 76.5 Å². The first kappa shape index (κ1) is 36.5. The van der Waals surface area contributed by atoms with Crippen molar-refractivity contribution in [3.05, 3.63) is 0 Å². The van der Waals surface area contributed by atoms with Gasteiger partial charge in [0, 0.05) is 13.0 Å². The van der Waals surface area contributed by atoms with Gasteiger partial charge in [-0.3, -0.25) is 0 Å². The number of aliphatic hydroxyl groups is 1. The minimum Gasteiger partial charge on any atom is -0.395 e. The normalized spacial score (nSPS) is 16.3. The lowest BCUT2D eigenvalue weighted by Crippen LogP contribution is -2.74. The monoisotopic (exact) mass is 704 g/mol. The van der Waals surface area contributed by atoms with Crippen LogP contribution in [0.3, 0.4) is 0 Å². The summed E-state index contributed by atoms with van der Waals surface area (Å²) in [5.41, 5.74) is 0.